The van der Waals surface area contributed by atoms with E-state index in [4.69, 9.17) is 0 Å². The topological polar surface area (TPSA) is 72.8 Å². The van der Waals surface area contributed by atoms with Gasteiger partial charge in [-0.3, -0.25) is 0 Å². The molecule has 4 heteroatoms. The molecule has 0 saturated heterocycles. The van der Waals surface area contributed by atoms with Crippen LogP contribution in [0.1, 0.15) is 11.4 Å². The van der Waals surface area contributed by atoms with E-state index < -0.39 is 0 Å². The summed E-state index contributed by atoms with van der Waals surface area (Å²) in [6.45, 7) is 3.93. The first-order chi connectivity index (χ1) is 7.24. The molecule has 84 valence electrons. The van der Waals surface area contributed by atoms with Crippen molar-refractivity contribution >= 4 is 11.6 Å². The fourth-order valence-electron chi connectivity index (χ4n) is 1.43. The Kier molecular flexibility index (Phi) is 3.96. The van der Waals surface area contributed by atoms with Gasteiger partial charge in [-0.15, -0.1) is 0 Å². The van der Waals surface area contributed by atoms with E-state index in [0.29, 0.717) is 5.95 Å². The number of hydrogen-bond donors (Lipinski definition) is 2. The third-order valence-electron chi connectivity index (χ3n) is 2.01. The van der Waals surface area contributed by atoms with Crippen LogP contribution in [-0.2, 0) is 0 Å². The van der Waals surface area contributed by atoms with Crippen molar-refractivity contribution in [1.82, 2.24) is 16.1 Å². The van der Waals surface area contributed by atoms with Crippen molar-refractivity contribution < 1.29 is 0 Å². The molecule has 0 aliphatic carbocycles. The Balaban J connectivity index is 0.00000128. The van der Waals surface area contributed by atoms with Gasteiger partial charge in [-0.2, -0.15) is 0 Å². The standard InChI is InChI=1S/C12H13N3.H3N/c1-9-8-10(2)14-12(13-9)15-11-6-4-3-5-7-11;/h3-8H,1-2H3,(H,13,14,15);1H3. The van der Waals surface area contributed by atoms with Crippen molar-refractivity contribution in [2.75, 3.05) is 5.32 Å². The highest BCUT2D eigenvalue weighted by Crippen LogP contribution is 2.12. The third kappa shape index (κ3) is 3.03. The van der Waals surface area contributed by atoms with Crippen LogP contribution in [0.3, 0.4) is 0 Å². The van der Waals surface area contributed by atoms with E-state index in [1.165, 1.54) is 0 Å². The van der Waals surface area contributed by atoms with Gasteiger partial charge in [0.25, 0.3) is 0 Å². The molecule has 0 atom stereocenters. The molecule has 0 unspecified atom stereocenters. The van der Waals surface area contributed by atoms with Gasteiger partial charge in [0, 0.05) is 17.1 Å². The summed E-state index contributed by atoms with van der Waals surface area (Å²) < 4.78 is 0. The number of aryl methyl sites for hydroxylation is 2. The second-order valence-electron chi connectivity index (χ2n) is 3.47. The summed E-state index contributed by atoms with van der Waals surface area (Å²) in [4.78, 5) is 8.61. The number of rotatable bonds is 2. The Hall–Kier alpha value is -1.94. The first-order valence-electron chi connectivity index (χ1n) is 4.88. The lowest BCUT2D eigenvalue weighted by Crippen LogP contribution is -1.99. The Bertz CT molecular complexity index is 434. The van der Waals surface area contributed by atoms with Crippen LogP contribution in [0.5, 0.6) is 0 Å². The van der Waals surface area contributed by atoms with Gasteiger partial charge in [-0.05, 0) is 32.0 Å². The molecule has 0 spiro atoms. The number of para-hydroxylation sites is 1. The number of benzene rings is 1. The molecule has 1 heterocycles. The predicted molar refractivity (Wildman–Crippen MR) is 66.3 cm³/mol. The third-order valence-corrected chi connectivity index (χ3v) is 2.01. The maximum atomic E-state index is 4.31. The summed E-state index contributed by atoms with van der Waals surface area (Å²) >= 11 is 0. The van der Waals surface area contributed by atoms with Crippen molar-refractivity contribution in [3.63, 3.8) is 0 Å². The molecule has 0 saturated carbocycles. The zero-order chi connectivity index (χ0) is 10.7. The van der Waals surface area contributed by atoms with Crippen LogP contribution in [0.4, 0.5) is 11.6 Å². The lowest BCUT2D eigenvalue weighted by Gasteiger charge is -2.05. The van der Waals surface area contributed by atoms with E-state index in [9.17, 15) is 0 Å². The highest BCUT2D eigenvalue weighted by atomic mass is 15.1. The van der Waals surface area contributed by atoms with E-state index in [1.807, 2.05) is 50.2 Å². The fourth-order valence-corrected chi connectivity index (χ4v) is 1.43. The van der Waals surface area contributed by atoms with Crippen LogP contribution in [0.15, 0.2) is 36.4 Å². The molecular weight excluding hydrogens is 200 g/mol. The zero-order valence-electron chi connectivity index (χ0n) is 9.57. The summed E-state index contributed by atoms with van der Waals surface area (Å²) in [6, 6.07) is 11.9. The van der Waals surface area contributed by atoms with Crippen molar-refractivity contribution in [3.8, 4) is 0 Å². The van der Waals surface area contributed by atoms with Crippen LogP contribution < -0.4 is 11.5 Å². The Morgan fingerprint density at radius 1 is 0.938 bits per heavy atom. The van der Waals surface area contributed by atoms with Crippen molar-refractivity contribution in [1.29, 1.82) is 0 Å². The maximum Gasteiger partial charge on any atom is 0.227 e. The molecule has 0 radical (unpaired) electrons. The fraction of sp³-hybridized carbons (Fsp3) is 0.167. The molecule has 0 bridgehead atoms. The summed E-state index contributed by atoms with van der Waals surface area (Å²) in [5, 5.41) is 3.16. The highest BCUT2D eigenvalue weighted by Gasteiger charge is 1.98. The molecule has 0 amide bonds. The van der Waals surface area contributed by atoms with Gasteiger partial charge in [0.2, 0.25) is 5.95 Å². The molecule has 1 aromatic heterocycles. The van der Waals surface area contributed by atoms with Gasteiger partial charge in [-0.1, -0.05) is 18.2 Å². The molecule has 0 aliphatic rings. The van der Waals surface area contributed by atoms with Crippen LogP contribution in [0, 0.1) is 13.8 Å². The molecule has 4 nitrogen and oxygen atoms in total. The molecule has 1 aromatic carbocycles. The summed E-state index contributed by atoms with van der Waals surface area (Å²) in [6.07, 6.45) is 0. The minimum atomic E-state index is 0. The Labute approximate surface area is 95.3 Å². The smallest absolute Gasteiger partial charge is 0.227 e. The minimum absolute atomic E-state index is 0. The Morgan fingerprint density at radius 2 is 1.50 bits per heavy atom. The lowest BCUT2D eigenvalue weighted by atomic mass is 10.3. The highest BCUT2D eigenvalue weighted by molar-refractivity contribution is 5.52. The van der Waals surface area contributed by atoms with Gasteiger partial charge in [0.05, 0.1) is 0 Å². The van der Waals surface area contributed by atoms with E-state index >= 15 is 0 Å². The van der Waals surface area contributed by atoms with Crippen LogP contribution in [0.2, 0.25) is 0 Å². The molecular formula is C12H16N4. The Morgan fingerprint density at radius 3 is 2.06 bits per heavy atom. The van der Waals surface area contributed by atoms with Gasteiger partial charge in [-0.25, -0.2) is 9.97 Å². The monoisotopic (exact) mass is 216 g/mol. The average Bonchev–Trinajstić information content (AvgIpc) is 2.17. The SMILES string of the molecule is Cc1cc(C)nc(Nc2ccccc2)n1.N. The van der Waals surface area contributed by atoms with E-state index in [1.54, 1.807) is 0 Å². The second-order valence-corrected chi connectivity index (χ2v) is 3.47. The van der Waals surface area contributed by atoms with Crippen LogP contribution in [-0.4, -0.2) is 9.97 Å². The normalized spacial score (nSPS) is 9.38. The number of nitrogens with zero attached hydrogens (tertiary/aromatic N) is 2. The van der Waals surface area contributed by atoms with Crippen molar-refractivity contribution in [2.24, 2.45) is 0 Å². The quantitative estimate of drug-likeness (QED) is 0.809. The molecule has 2 rings (SSSR count). The molecule has 16 heavy (non-hydrogen) atoms. The van der Waals surface area contributed by atoms with Crippen molar-refractivity contribution in [3.05, 3.63) is 47.8 Å². The summed E-state index contributed by atoms with van der Waals surface area (Å²) in [5.74, 6) is 0.652. The zero-order valence-corrected chi connectivity index (χ0v) is 9.57. The largest absolute Gasteiger partial charge is 0.344 e. The number of nitrogens with one attached hydrogen (secondary N) is 1. The second kappa shape index (κ2) is 5.23. The molecule has 4 N–H and O–H groups in total. The molecule has 2 aromatic rings. The molecule has 0 aliphatic heterocycles. The average molecular weight is 216 g/mol. The maximum absolute atomic E-state index is 4.31. The summed E-state index contributed by atoms with van der Waals surface area (Å²) in [7, 11) is 0. The molecule has 0 fully saturated rings. The first kappa shape index (κ1) is 12.1. The van der Waals surface area contributed by atoms with E-state index in [0.717, 1.165) is 17.1 Å². The lowest BCUT2D eigenvalue weighted by molar-refractivity contribution is 1.06. The van der Waals surface area contributed by atoms with Gasteiger partial charge >= 0.3 is 0 Å². The first-order valence-corrected chi connectivity index (χ1v) is 4.88. The van der Waals surface area contributed by atoms with Gasteiger partial charge < -0.3 is 11.5 Å². The number of hydrogen-bond acceptors (Lipinski definition) is 4. The van der Waals surface area contributed by atoms with Crippen LogP contribution in [0.25, 0.3) is 0 Å². The van der Waals surface area contributed by atoms with E-state index in [-0.39, 0.29) is 6.15 Å². The minimum Gasteiger partial charge on any atom is -0.344 e. The van der Waals surface area contributed by atoms with E-state index in [2.05, 4.69) is 15.3 Å². The van der Waals surface area contributed by atoms with Gasteiger partial charge in [0.15, 0.2) is 0 Å². The van der Waals surface area contributed by atoms with Gasteiger partial charge in [0.1, 0.15) is 0 Å². The number of aromatic nitrogens is 2. The van der Waals surface area contributed by atoms with Crippen molar-refractivity contribution in [2.45, 2.75) is 13.8 Å². The predicted octanol–water partition coefficient (Wildman–Crippen LogP) is 3.00. The number of anilines is 2. The summed E-state index contributed by atoms with van der Waals surface area (Å²) in [5.41, 5.74) is 2.95. The van der Waals surface area contributed by atoms with Crippen LogP contribution >= 0.6 is 0 Å².